The predicted octanol–water partition coefficient (Wildman–Crippen LogP) is 4.11. The van der Waals surface area contributed by atoms with Crippen molar-refractivity contribution in [3.8, 4) is 11.4 Å². The first-order chi connectivity index (χ1) is 12.2. The van der Waals surface area contributed by atoms with E-state index in [4.69, 9.17) is 16.3 Å². The number of hydrogen-bond donors (Lipinski definition) is 1. The highest BCUT2D eigenvalue weighted by Crippen LogP contribution is 2.28. The van der Waals surface area contributed by atoms with Gasteiger partial charge >= 0.3 is 5.97 Å². The molecule has 1 N–H and O–H groups in total. The van der Waals surface area contributed by atoms with E-state index in [0.717, 1.165) is 5.69 Å². The smallest absolute Gasteiger partial charge is 0.345 e. The number of rotatable bonds is 5. The highest BCUT2D eigenvalue weighted by atomic mass is 35.5. The maximum atomic E-state index is 12.3. The van der Waals surface area contributed by atoms with Crippen molar-refractivity contribution >= 4 is 29.1 Å². The second-order valence-electron chi connectivity index (χ2n) is 5.01. The van der Waals surface area contributed by atoms with E-state index in [9.17, 15) is 4.79 Å². The van der Waals surface area contributed by atoms with E-state index >= 15 is 0 Å². The molecule has 0 radical (unpaired) electrons. The van der Waals surface area contributed by atoms with Gasteiger partial charge in [-0.05, 0) is 31.2 Å². The summed E-state index contributed by atoms with van der Waals surface area (Å²) in [5.74, 6) is 0.0664. The van der Waals surface area contributed by atoms with Gasteiger partial charge in [0, 0.05) is 23.6 Å². The number of carbonyl (C=O) groups excluding carboxylic acids is 1. The fourth-order valence-electron chi connectivity index (χ4n) is 2.19. The van der Waals surface area contributed by atoms with Crippen LogP contribution in [-0.2, 0) is 4.74 Å². The highest BCUT2D eigenvalue weighted by molar-refractivity contribution is 6.33. The van der Waals surface area contributed by atoms with Crippen molar-refractivity contribution in [3.63, 3.8) is 0 Å². The summed E-state index contributed by atoms with van der Waals surface area (Å²) >= 11 is 6.27. The van der Waals surface area contributed by atoms with E-state index in [-0.39, 0.29) is 23.1 Å². The molecule has 2 heterocycles. The van der Waals surface area contributed by atoms with Gasteiger partial charge in [-0.1, -0.05) is 29.8 Å². The molecule has 0 aliphatic rings. The van der Waals surface area contributed by atoms with Crippen molar-refractivity contribution in [1.29, 1.82) is 0 Å². The normalized spacial score (nSPS) is 10.3. The molecule has 1 aromatic carbocycles. The zero-order chi connectivity index (χ0) is 17.6. The zero-order valence-electron chi connectivity index (χ0n) is 13.4. The molecule has 7 heteroatoms. The molecule has 0 saturated carbocycles. The standard InChI is InChI=1S/C18H15ClN4O2/c1-2-25-18(24)14-15(19)22-16(12-7-6-10-20-11-12)23-17(14)21-13-8-4-3-5-9-13/h3-11H,2H2,1H3,(H,21,22,23). The topological polar surface area (TPSA) is 77.0 Å². The van der Waals surface area contributed by atoms with Crippen molar-refractivity contribution in [1.82, 2.24) is 15.0 Å². The molecule has 0 atom stereocenters. The van der Waals surface area contributed by atoms with Crippen LogP contribution in [0.3, 0.4) is 0 Å². The number of nitrogens with one attached hydrogen (secondary N) is 1. The van der Waals surface area contributed by atoms with Crippen LogP contribution in [0.2, 0.25) is 5.15 Å². The van der Waals surface area contributed by atoms with Crippen LogP contribution in [-0.4, -0.2) is 27.5 Å². The fraction of sp³-hybridized carbons (Fsp3) is 0.111. The average Bonchev–Trinajstić information content (AvgIpc) is 2.63. The SMILES string of the molecule is CCOC(=O)c1c(Cl)nc(-c2cccnc2)nc1Nc1ccccc1. The summed E-state index contributed by atoms with van der Waals surface area (Å²) in [5.41, 5.74) is 1.55. The van der Waals surface area contributed by atoms with Crippen LogP contribution >= 0.6 is 11.6 Å². The molecule has 0 aliphatic carbocycles. The van der Waals surface area contributed by atoms with Crippen LogP contribution in [0.1, 0.15) is 17.3 Å². The number of benzene rings is 1. The Kier molecular flexibility index (Phi) is 5.20. The van der Waals surface area contributed by atoms with Gasteiger partial charge in [0.1, 0.15) is 10.7 Å². The summed E-state index contributed by atoms with van der Waals surface area (Å²) in [6.07, 6.45) is 3.28. The predicted molar refractivity (Wildman–Crippen MR) is 96.0 cm³/mol. The molecule has 0 aliphatic heterocycles. The van der Waals surface area contributed by atoms with E-state index in [0.29, 0.717) is 11.4 Å². The van der Waals surface area contributed by atoms with E-state index in [1.165, 1.54) is 0 Å². The largest absolute Gasteiger partial charge is 0.462 e. The first-order valence-electron chi connectivity index (χ1n) is 7.66. The van der Waals surface area contributed by atoms with E-state index in [1.54, 1.807) is 25.4 Å². The lowest BCUT2D eigenvalue weighted by Crippen LogP contribution is -2.12. The summed E-state index contributed by atoms with van der Waals surface area (Å²) in [6.45, 7) is 1.95. The third-order valence-electron chi connectivity index (χ3n) is 3.30. The van der Waals surface area contributed by atoms with Crippen LogP contribution in [0.15, 0.2) is 54.9 Å². The maximum absolute atomic E-state index is 12.3. The summed E-state index contributed by atoms with van der Waals surface area (Å²) < 4.78 is 5.08. The van der Waals surface area contributed by atoms with Crippen molar-refractivity contribution < 1.29 is 9.53 Å². The van der Waals surface area contributed by atoms with Gasteiger partial charge in [0.05, 0.1) is 6.61 Å². The lowest BCUT2D eigenvalue weighted by Gasteiger charge is -2.13. The Morgan fingerprint density at radius 3 is 2.64 bits per heavy atom. The second-order valence-corrected chi connectivity index (χ2v) is 5.37. The Balaban J connectivity index is 2.10. The number of para-hydroxylation sites is 1. The van der Waals surface area contributed by atoms with Crippen LogP contribution in [0.5, 0.6) is 0 Å². The van der Waals surface area contributed by atoms with Gasteiger partial charge in [-0.3, -0.25) is 4.98 Å². The number of aromatic nitrogens is 3. The number of ether oxygens (including phenoxy) is 1. The van der Waals surface area contributed by atoms with Gasteiger partial charge in [-0.25, -0.2) is 14.8 Å². The Morgan fingerprint density at radius 2 is 1.96 bits per heavy atom. The number of esters is 1. The number of carbonyl (C=O) groups is 1. The Bertz CT molecular complexity index is 873. The molecular weight excluding hydrogens is 340 g/mol. The highest BCUT2D eigenvalue weighted by Gasteiger charge is 2.22. The number of nitrogens with zero attached hydrogens (tertiary/aromatic N) is 3. The Morgan fingerprint density at radius 1 is 1.16 bits per heavy atom. The summed E-state index contributed by atoms with van der Waals surface area (Å²) in [5, 5.41) is 3.13. The summed E-state index contributed by atoms with van der Waals surface area (Å²) in [7, 11) is 0. The average molecular weight is 355 g/mol. The number of halogens is 1. The second kappa shape index (κ2) is 7.72. The van der Waals surface area contributed by atoms with E-state index < -0.39 is 5.97 Å². The van der Waals surface area contributed by atoms with Crippen LogP contribution in [0, 0.1) is 0 Å². The number of anilines is 2. The van der Waals surface area contributed by atoms with Crippen molar-refractivity contribution in [2.45, 2.75) is 6.92 Å². The molecule has 0 amide bonds. The van der Waals surface area contributed by atoms with Gasteiger partial charge in [-0.15, -0.1) is 0 Å². The molecular formula is C18H15ClN4O2. The number of pyridine rings is 1. The minimum Gasteiger partial charge on any atom is -0.462 e. The Labute approximate surface area is 149 Å². The van der Waals surface area contributed by atoms with Gasteiger partial charge in [0.25, 0.3) is 0 Å². The van der Waals surface area contributed by atoms with Crippen molar-refractivity contribution in [2.24, 2.45) is 0 Å². The van der Waals surface area contributed by atoms with E-state index in [2.05, 4.69) is 20.3 Å². The maximum Gasteiger partial charge on any atom is 0.345 e. The quantitative estimate of drug-likeness (QED) is 0.548. The van der Waals surface area contributed by atoms with Crippen LogP contribution in [0.25, 0.3) is 11.4 Å². The molecule has 0 unspecified atom stereocenters. The summed E-state index contributed by atoms with van der Waals surface area (Å²) in [6, 6.07) is 12.9. The monoisotopic (exact) mass is 354 g/mol. The van der Waals surface area contributed by atoms with Crippen LogP contribution < -0.4 is 5.32 Å². The van der Waals surface area contributed by atoms with Gasteiger partial charge < -0.3 is 10.1 Å². The van der Waals surface area contributed by atoms with Gasteiger partial charge in [0.2, 0.25) is 0 Å². The lowest BCUT2D eigenvalue weighted by atomic mass is 10.2. The fourth-order valence-corrected chi connectivity index (χ4v) is 2.44. The van der Waals surface area contributed by atoms with Crippen molar-refractivity contribution in [3.05, 3.63) is 65.6 Å². The molecule has 3 rings (SSSR count). The molecule has 3 aromatic rings. The molecule has 0 spiro atoms. The summed E-state index contributed by atoms with van der Waals surface area (Å²) in [4.78, 5) is 25.0. The zero-order valence-corrected chi connectivity index (χ0v) is 14.2. The number of hydrogen-bond acceptors (Lipinski definition) is 6. The van der Waals surface area contributed by atoms with Crippen LogP contribution in [0.4, 0.5) is 11.5 Å². The first-order valence-corrected chi connectivity index (χ1v) is 8.04. The molecule has 6 nitrogen and oxygen atoms in total. The molecule has 0 saturated heterocycles. The lowest BCUT2D eigenvalue weighted by molar-refractivity contribution is 0.0527. The molecule has 126 valence electrons. The first kappa shape index (κ1) is 16.9. The molecule has 2 aromatic heterocycles. The van der Waals surface area contributed by atoms with E-state index in [1.807, 2.05) is 36.4 Å². The molecule has 0 bridgehead atoms. The minimum atomic E-state index is -0.580. The molecule has 25 heavy (non-hydrogen) atoms. The third kappa shape index (κ3) is 3.92. The third-order valence-corrected chi connectivity index (χ3v) is 3.57. The van der Waals surface area contributed by atoms with Gasteiger partial charge in [-0.2, -0.15) is 0 Å². The molecule has 0 fully saturated rings. The minimum absolute atomic E-state index is 0.0192. The van der Waals surface area contributed by atoms with Crippen molar-refractivity contribution in [2.75, 3.05) is 11.9 Å². The van der Waals surface area contributed by atoms with Gasteiger partial charge in [0.15, 0.2) is 11.6 Å². The Hall–Kier alpha value is -2.99.